The summed E-state index contributed by atoms with van der Waals surface area (Å²) in [7, 11) is -3.48. The predicted molar refractivity (Wildman–Crippen MR) is 118 cm³/mol. The molecule has 1 aromatic carbocycles. The zero-order valence-corrected chi connectivity index (χ0v) is 19.0. The molecule has 4 rings (SSSR count). The number of benzene rings is 1. The topological polar surface area (TPSA) is 97.3 Å². The largest absolute Gasteiger partial charge is 0.413 e. The van der Waals surface area contributed by atoms with Gasteiger partial charge in [-0.25, -0.2) is 13.2 Å². The van der Waals surface area contributed by atoms with Crippen LogP contribution in [0.5, 0.6) is 0 Å². The Bertz CT molecular complexity index is 1050. The number of carbonyl (C=O) groups is 1. The van der Waals surface area contributed by atoms with E-state index in [1.807, 2.05) is 12.1 Å². The molecule has 0 saturated carbocycles. The van der Waals surface area contributed by atoms with Crippen molar-refractivity contribution in [2.45, 2.75) is 35.5 Å². The van der Waals surface area contributed by atoms with E-state index in [4.69, 9.17) is 21.2 Å². The minimum Gasteiger partial charge on any atom is -0.392 e. The van der Waals surface area contributed by atoms with E-state index in [1.54, 1.807) is 29.6 Å². The van der Waals surface area contributed by atoms with Crippen LogP contribution in [-0.4, -0.2) is 49.9 Å². The van der Waals surface area contributed by atoms with E-state index in [0.717, 1.165) is 5.56 Å². The number of nitrogens with one attached hydrogen (secondary N) is 1. The number of hydrogen-bond acceptors (Lipinski definition) is 7. The van der Waals surface area contributed by atoms with Gasteiger partial charge in [0.05, 0.1) is 6.42 Å². The highest BCUT2D eigenvalue weighted by Crippen LogP contribution is 2.36. The molecule has 1 spiro atoms. The lowest BCUT2D eigenvalue weighted by molar-refractivity contribution is -0.0506. The second-order valence-electron chi connectivity index (χ2n) is 7.47. The van der Waals surface area contributed by atoms with Crippen LogP contribution in [0.4, 0.5) is 4.79 Å². The number of oxime groups is 1. The van der Waals surface area contributed by atoms with E-state index in [-0.39, 0.29) is 5.90 Å². The molecule has 1 aromatic heterocycles. The van der Waals surface area contributed by atoms with Crippen molar-refractivity contribution in [1.82, 2.24) is 9.62 Å². The molecule has 2 aliphatic rings. The molecule has 8 nitrogen and oxygen atoms in total. The molecule has 2 aromatic rings. The van der Waals surface area contributed by atoms with Crippen molar-refractivity contribution in [3.8, 4) is 0 Å². The Balaban J connectivity index is 1.22. The molecular weight excluding hydrogens is 462 g/mol. The van der Waals surface area contributed by atoms with E-state index in [1.165, 1.54) is 15.6 Å². The normalized spacial score (nSPS) is 18.4. The number of sulfonamides is 1. The van der Waals surface area contributed by atoms with Gasteiger partial charge in [-0.05, 0) is 35.6 Å². The lowest BCUT2D eigenvalue weighted by atomic mass is 9.89. The first-order chi connectivity index (χ1) is 14.9. The van der Waals surface area contributed by atoms with Crippen molar-refractivity contribution < 1.29 is 22.8 Å². The summed E-state index contributed by atoms with van der Waals surface area (Å²) in [5, 5.41) is 9.02. The Morgan fingerprint density at radius 1 is 1.26 bits per heavy atom. The number of carbonyl (C=O) groups excluding carboxylic acids is 1. The SMILES string of the molecule is O=C(NCCc1ccc(Cl)cc1)OC1=NOC2(CCN(S(=O)(=O)c3cccs3)CC2)C1. The third-order valence-corrected chi connectivity index (χ3v) is 8.87. The highest BCUT2D eigenvalue weighted by atomic mass is 35.5. The van der Waals surface area contributed by atoms with Crippen molar-refractivity contribution in [2.24, 2.45) is 5.16 Å². The Kier molecular flexibility index (Phi) is 6.52. The first-order valence-electron chi connectivity index (χ1n) is 9.85. The first-order valence-corrected chi connectivity index (χ1v) is 12.5. The fraction of sp³-hybridized carbons (Fsp3) is 0.400. The monoisotopic (exact) mass is 483 g/mol. The fourth-order valence-electron chi connectivity index (χ4n) is 3.59. The van der Waals surface area contributed by atoms with E-state index in [2.05, 4.69) is 10.5 Å². The first kappa shape index (κ1) is 22.1. The minimum absolute atomic E-state index is 0.207. The van der Waals surface area contributed by atoms with Crippen LogP contribution in [0.25, 0.3) is 0 Å². The van der Waals surface area contributed by atoms with Gasteiger partial charge in [0.2, 0.25) is 5.90 Å². The van der Waals surface area contributed by atoms with E-state index in [9.17, 15) is 13.2 Å². The number of halogens is 1. The van der Waals surface area contributed by atoms with Gasteiger partial charge in [-0.1, -0.05) is 35.0 Å². The quantitative estimate of drug-likeness (QED) is 0.700. The average molecular weight is 484 g/mol. The lowest BCUT2D eigenvalue weighted by Gasteiger charge is -2.35. The maximum absolute atomic E-state index is 12.7. The lowest BCUT2D eigenvalue weighted by Crippen LogP contribution is -2.46. The summed E-state index contributed by atoms with van der Waals surface area (Å²) >= 11 is 7.07. The zero-order chi connectivity index (χ0) is 21.9. The summed E-state index contributed by atoms with van der Waals surface area (Å²) in [6.45, 7) is 1.07. The maximum atomic E-state index is 12.7. The van der Waals surface area contributed by atoms with Gasteiger partial charge in [0.15, 0.2) is 0 Å². The second-order valence-corrected chi connectivity index (χ2v) is 11.0. The molecule has 1 N–H and O–H groups in total. The molecule has 3 heterocycles. The van der Waals surface area contributed by atoms with Crippen LogP contribution in [-0.2, 0) is 26.0 Å². The van der Waals surface area contributed by atoms with Crippen LogP contribution in [0.15, 0.2) is 51.1 Å². The standard InChI is InChI=1S/C20H22ClN3O5S2/c21-16-5-3-15(4-6-16)7-10-22-19(25)28-17-14-20(29-23-17)8-11-24(12-9-20)31(26,27)18-2-1-13-30-18/h1-6,13H,7-12,14H2,(H,22,25). The molecule has 1 amide bonds. The molecule has 0 atom stereocenters. The number of amides is 1. The number of ether oxygens (including phenoxy) is 1. The summed E-state index contributed by atoms with van der Waals surface area (Å²) in [5.74, 6) is 0.207. The Hall–Kier alpha value is -2.14. The van der Waals surface area contributed by atoms with E-state index < -0.39 is 21.7 Å². The maximum Gasteiger partial charge on any atom is 0.413 e. The van der Waals surface area contributed by atoms with Gasteiger partial charge < -0.3 is 14.9 Å². The van der Waals surface area contributed by atoms with Gasteiger partial charge in [-0.3, -0.25) is 0 Å². The molecule has 0 aliphatic carbocycles. The Labute approximate surface area is 189 Å². The summed E-state index contributed by atoms with van der Waals surface area (Å²) in [6.07, 6.45) is 1.35. The van der Waals surface area contributed by atoms with Crippen molar-refractivity contribution in [3.05, 3.63) is 52.4 Å². The summed E-state index contributed by atoms with van der Waals surface area (Å²) < 4.78 is 32.4. The molecule has 0 unspecified atom stereocenters. The third-order valence-electron chi connectivity index (χ3n) is 5.34. The molecule has 166 valence electrons. The summed E-state index contributed by atoms with van der Waals surface area (Å²) in [4.78, 5) is 17.6. The van der Waals surface area contributed by atoms with E-state index in [0.29, 0.717) is 54.5 Å². The van der Waals surface area contributed by atoms with Crippen LogP contribution < -0.4 is 5.32 Å². The molecule has 0 bridgehead atoms. The van der Waals surface area contributed by atoms with Crippen molar-refractivity contribution >= 4 is 45.0 Å². The van der Waals surface area contributed by atoms with Gasteiger partial charge in [0.1, 0.15) is 9.81 Å². The highest BCUT2D eigenvalue weighted by molar-refractivity contribution is 7.91. The number of nitrogens with zero attached hydrogens (tertiary/aromatic N) is 2. The van der Waals surface area contributed by atoms with Gasteiger partial charge in [-0.2, -0.15) is 4.31 Å². The minimum atomic E-state index is -3.48. The van der Waals surface area contributed by atoms with Crippen LogP contribution in [0.2, 0.25) is 5.02 Å². The fourth-order valence-corrected chi connectivity index (χ4v) is 6.30. The van der Waals surface area contributed by atoms with Crippen molar-refractivity contribution in [3.63, 3.8) is 0 Å². The van der Waals surface area contributed by atoms with Crippen LogP contribution in [0.3, 0.4) is 0 Å². The molecule has 11 heteroatoms. The van der Waals surface area contributed by atoms with Crippen molar-refractivity contribution in [2.75, 3.05) is 19.6 Å². The Morgan fingerprint density at radius 2 is 2.00 bits per heavy atom. The Morgan fingerprint density at radius 3 is 2.68 bits per heavy atom. The van der Waals surface area contributed by atoms with Gasteiger partial charge in [0, 0.05) is 37.5 Å². The van der Waals surface area contributed by atoms with Gasteiger partial charge >= 0.3 is 6.09 Å². The second kappa shape index (κ2) is 9.15. The number of hydrogen-bond donors (Lipinski definition) is 1. The number of rotatable bonds is 5. The molecule has 1 fully saturated rings. The summed E-state index contributed by atoms with van der Waals surface area (Å²) in [5.41, 5.74) is 0.426. The average Bonchev–Trinajstić information content (AvgIpc) is 3.41. The third kappa shape index (κ3) is 5.20. The van der Waals surface area contributed by atoms with Gasteiger partial charge in [-0.15, -0.1) is 11.3 Å². The highest BCUT2D eigenvalue weighted by Gasteiger charge is 2.45. The molecular formula is C20H22ClN3O5S2. The van der Waals surface area contributed by atoms with E-state index >= 15 is 0 Å². The van der Waals surface area contributed by atoms with Crippen LogP contribution in [0, 0.1) is 0 Å². The smallest absolute Gasteiger partial charge is 0.392 e. The predicted octanol–water partition coefficient (Wildman–Crippen LogP) is 3.63. The molecule has 1 saturated heterocycles. The summed E-state index contributed by atoms with van der Waals surface area (Å²) in [6, 6.07) is 10.7. The van der Waals surface area contributed by atoms with Crippen LogP contribution >= 0.6 is 22.9 Å². The number of alkyl carbamates (subject to hydrolysis) is 1. The molecule has 0 radical (unpaired) electrons. The van der Waals surface area contributed by atoms with Gasteiger partial charge in [0.25, 0.3) is 10.0 Å². The molecule has 31 heavy (non-hydrogen) atoms. The zero-order valence-electron chi connectivity index (χ0n) is 16.6. The molecule has 2 aliphatic heterocycles. The van der Waals surface area contributed by atoms with Crippen LogP contribution in [0.1, 0.15) is 24.8 Å². The number of thiophene rings is 1. The number of piperidine rings is 1. The van der Waals surface area contributed by atoms with Crippen molar-refractivity contribution in [1.29, 1.82) is 0 Å².